The molecule has 1 aliphatic rings. The molecule has 23 heavy (non-hydrogen) atoms. The summed E-state index contributed by atoms with van der Waals surface area (Å²) in [4.78, 5) is 0. The van der Waals surface area contributed by atoms with Crippen LogP contribution in [0.1, 0.15) is 37.5 Å². The SMILES string of the molecule is CC1=CC(C)(C)Nc2c(C)cc(-c3cccc(C#N)c3)c(Cl)c21. The number of fused-ring (bicyclic) bond motifs is 1. The molecule has 2 nitrogen and oxygen atoms in total. The lowest BCUT2D eigenvalue weighted by molar-refractivity contribution is 0.706. The molecule has 0 bridgehead atoms. The van der Waals surface area contributed by atoms with Gasteiger partial charge in [-0.25, -0.2) is 0 Å². The molecule has 0 unspecified atom stereocenters. The van der Waals surface area contributed by atoms with Crippen molar-refractivity contribution in [3.8, 4) is 17.2 Å². The standard InChI is InChI=1S/C20H19ClN2/c1-12-8-16(15-7-5-6-14(9-15)11-22)18(21)17-13(2)10-20(3,4)23-19(12)17/h5-10,23H,1-4H3. The van der Waals surface area contributed by atoms with Gasteiger partial charge in [0.1, 0.15) is 0 Å². The molecule has 0 amide bonds. The van der Waals surface area contributed by atoms with Crippen LogP contribution in [-0.4, -0.2) is 5.54 Å². The Morgan fingerprint density at radius 3 is 2.61 bits per heavy atom. The first-order valence-corrected chi connectivity index (χ1v) is 8.02. The highest BCUT2D eigenvalue weighted by Crippen LogP contribution is 2.44. The van der Waals surface area contributed by atoms with Crippen LogP contribution in [0.5, 0.6) is 0 Å². The van der Waals surface area contributed by atoms with E-state index in [1.807, 2.05) is 18.2 Å². The minimum Gasteiger partial charge on any atom is -0.376 e. The van der Waals surface area contributed by atoms with Gasteiger partial charge in [-0.1, -0.05) is 29.8 Å². The van der Waals surface area contributed by atoms with Gasteiger partial charge in [-0.05, 0) is 62.6 Å². The zero-order valence-corrected chi connectivity index (χ0v) is 14.5. The van der Waals surface area contributed by atoms with Crippen molar-refractivity contribution in [2.75, 3.05) is 5.32 Å². The summed E-state index contributed by atoms with van der Waals surface area (Å²) in [5, 5.41) is 13.4. The predicted molar refractivity (Wildman–Crippen MR) is 97.7 cm³/mol. The Kier molecular flexibility index (Phi) is 3.70. The van der Waals surface area contributed by atoms with Crippen molar-refractivity contribution in [2.24, 2.45) is 0 Å². The number of halogens is 1. The first kappa shape index (κ1) is 15.6. The van der Waals surface area contributed by atoms with Crippen molar-refractivity contribution < 1.29 is 0 Å². The fourth-order valence-corrected chi connectivity index (χ4v) is 3.67. The maximum absolute atomic E-state index is 9.12. The molecule has 0 aromatic heterocycles. The number of aryl methyl sites for hydroxylation is 1. The fourth-order valence-electron chi connectivity index (χ4n) is 3.26. The van der Waals surface area contributed by atoms with Crippen molar-refractivity contribution in [3.05, 3.63) is 58.1 Å². The Labute approximate surface area is 142 Å². The average Bonchev–Trinajstić information content (AvgIpc) is 2.49. The van der Waals surface area contributed by atoms with Gasteiger partial charge in [-0.15, -0.1) is 0 Å². The molecule has 1 N–H and O–H groups in total. The van der Waals surface area contributed by atoms with Crippen molar-refractivity contribution in [3.63, 3.8) is 0 Å². The quantitative estimate of drug-likeness (QED) is 0.720. The molecule has 0 spiro atoms. The van der Waals surface area contributed by atoms with E-state index in [1.54, 1.807) is 6.07 Å². The lowest BCUT2D eigenvalue weighted by Crippen LogP contribution is -2.32. The zero-order valence-electron chi connectivity index (χ0n) is 13.8. The summed E-state index contributed by atoms with van der Waals surface area (Å²) in [6, 6.07) is 11.9. The van der Waals surface area contributed by atoms with E-state index in [2.05, 4.69) is 51.2 Å². The Bertz CT molecular complexity index is 870. The third-order valence-electron chi connectivity index (χ3n) is 4.18. The summed E-state index contributed by atoms with van der Waals surface area (Å²) in [6.45, 7) is 8.49. The fraction of sp³-hybridized carbons (Fsp3) is 0.250. The van der Waals surface area contributed by atoms with Gasteiger partial charge >= 0.3 is 0 Å². The summed E-state index contributed by atoms with van der Waals surface area (Å²) >= 11 is 6.75. The van der Waals surface area contributed by atoms with E-state index in [1.165, 1.54) is 5.57 Å². The number of hydrogen-bond acceptors (Lipinski definition) is 2. The molecule has 0 saturated heterocycles. The van der Waals surface area contributed by atoms with Gasteiger partial charge in [0.2, 0.25) is 0 Å². The maximum Gasteiger partial charge on any atom is 0.0991 e. The van der Waals surface area contributed by atoms with E-state index in [-0.39, 0.29) is 5.54 Å². The average molecular weight is 323 g/mol. The molecule has 0 saturated carbocycles. The molecular formula is C20H19ClN2. The first-order chi connectivity index (χ1) is 10.8. The highest BCUT2D eigenvalue weighted by atomic mass is 35.5. The van der Waals surface area contributed by atoms with Crippen LogP contribution in [0.15, 0.2) is 36.4 Å². The summed E-state index contributed by atoms with van der Waals surface area (Å²) in [6.07, 6.45) is 2.20. The summed E-state index contributed by atoms with van der Waals surface area (Å²) in [5.41, 5.74) is 6.97. The van der Waals surface area contributed by atoms with Crippen molar-refractivity contribution in [1.29, 1.82) is 5.26 Å². The van der Waals surface area contributed by atoms with E-state index in [0.717, 1.165) is 33.0 Å². The van der Waals surface area contributed by atoms with Gasteiger partial charge in [0.25, 0.3) is 0 Å². The second-order valence-electron chi connectivity index (χ2n) is 6.67. The minimum absolute atomic E-state index is 0.0899. The third-order valence-corrected chi connectivity index (χ3v) is 4.58. The molecule has 2 aromatic rings. The van der Waals surface area contributed by atoms with Crippen molar-refractivity contribution in [1.82, 2.24) is 0 Å². The molecule has 116 valence electrons. The van der Waals surface area contributed by atoms with Crippen molar-refractivity contribution >= 4 is 22.9 Å². The van der Waals surface area contributed by atoms with E-state index in [9.17, 15) is 0 Å². The lowest BCUT2D eigenvalue weighted by atomic mass is 9.87. The Balaban J connectivity index is 2.25. The molecule has 3 rings (SSSR count). The molecule has 0 atom stereocenters. The van der Waals surface area contributed by atoms with Crippen LogP contribution in [0.25, 0.3) is 16.7 Å². The lowest BCUT2D eigenvalue weighted by Gasteiger charge is -2.33. The first-order valence-electron chi connectivity index (χ1n) is 7.64. The van der Waals surface area contributed by atoms with Gasteiger partial charge in [-0.2, -0.15) is 5.26 Å². The molecule has 2 aromatic carbocycles. The number of nitrogens with zero attached hydrogens (tertiary/aromatic N) is 1. The summed E-state index contributed by atoms with van der Waals surface area (Å²) in [7, 11) is 0. The normalized spacial score (nSPS) is 15.2. The molecule has 1 heterocycles. The number of anilines is 1. The number of hydrogen-bond donors (Lipinski definition) is 1. The van der Waals surface area contributed by atoms with Crippen LogP contribution < -0.4 is 5.32 Å². The second-order valence-corrected chi connectivity index (χ2v) is 7.05. The van der Waals surface area contributed by atoms with Gasteiger partial charge in [0.15, 0.2) is 0 Å². The third kappa shape index (κ3) is 2.73. The van der Waals surface area contributed by atoms with Gasteiger partial charge in [0.05, 0.1) is 22.2 Å². The van der Waals surface area contributed by atoms with Crippen LogP contribution in [0.3, 0.4) is 0 Å². The van der Waals surface area contributed by atoms with Gasteiger partial charge < -0.3 is 5.32 Å². The molecular weight excluding hydrogens is 304 g/mol. The van der Waals surface area contributed by atoms with Crippen LogP contribution in [0.4, 0.5) is 5.69 Å². The number of nitriles is 1. The van der Waals surface area contributed by atoms with Crippen LogP contribution in [-0.2, 0) is 0 Å². The molecule has 3 heteroatoms. The molecule has 0 aliphatic carbocycles. The minimum atomic E-state index is -0.0899. The second kappa shape index (κ2) is 5.44. The number of nitrogens with one attached hydrogen (secondary N) is 1. The molecule has 0 fully saturated rings. The van der Waals surface area contributed by atoms with Gasteiger partial charge in [0, 0.05) is 16.8 Å². The van der Waals surface area contributed by atoms with Gasteiger partial charge in [-0.3, -0.25) is 0 Å². The largest absolute Gasteiger partial charge is 0.376 e. The highest BCUT2D eigenvalue weighted by Gasteiger charge is 2.27. The van der Waals surface area contributed by atoms with Crippen molar-refractivity contribution in [2.45, 2.75) is 33.2 Å². The Morgan fingerprint density at radius 2 is 1.91 bits per heavy atom. The topological polar surface area (TPSA) is 35.8 Å². The zero-order chi connectivity index (χ0) is 16.8. The Hall–Kier alpha value is -2.24. The molecule has 1 aliphatic heterocycles. The smallest absolute Gasteiger partial charge is 0.0991 e. The van der Waals surface area contributed by atoms with Crippen LogP contribution >= 0.6 is 11.6 Å². The van der Waals surface area contributed by atoms with Crippen LogP contribution in [0, 0.1) is 18.3 Å². The maximum atomic E-state index is 9.12. The van der Waals surface area contributed by atoms with E-state index >= 15 is 0 Å². The Morgan fingerprint density at radius 1 is 1.17 bits per heavy atom. The summed E-state index contributed by atoms with van der Waals surface area (Å²) in [5.74, 6) is 0. The molecule has 0 radical (unpaired) electrons. The number of benzene rings is 2. The van der Waals surface area contributed by atoms with E-state index in [0.29, 0.717) is 5.56 Å². The number of allylic oxidation sites excluding steroid dienone is 1. The van der Waals surface area contributed by atoms with E-state index < -0.39 is 0 Å². The predicted octanol–water partition coefficient (Wildman–Crippen LogP) is 5.79. The monoisotopic (exact) mass is 322 g/mol. The highest BCUT2D eigenvalue weighted by molar-refractivity contribution is 6.36. The summed E-state index contributed by atoms with van der Waals surface area (Å²) < 4.78 is 0. The van der Waals surface area contributed by atoms with E-state index in [4.69, 9.17) is 16.9 Å². The van der Waals surface area contributed by atoms with Crippen LogP contribution in [0.2, 0.25) is 5.02 Å². The number of rotatable bonds is 1.